The molecule has 0 aromatic heterocycles. The molecule has 0 aliphatic heterocycles. The number of aliphatic hydroxyl groups excluding tert-OH is 1. The molecular weight excluding hydrogens is 477 g/mol. The fraction of sp³-hybridized carbons (Fsp3) is 0.833. The van der Waals surface area contributed by atoms with Crippen molar-refractivity contribution in [2.45, 2.75) is 109 Å². The highest BCUT2D eigenvalue weighted by Gasteiger charge is 2.26. The van der Waals surface area contributed by atoms with Gasteiger partial charge in [-0.15, -0.1) is 0 Å². The first-order chi connectivity index (χ1) is 16.7. The Morgan fingerprint density at radius 2 is 1.37 bits per heavy atom. The minimum absolute atomic E-state index is 0.237. The van der Waals surface area contributed by atoms with Gasteiger partial charge in [-0.3, -0.25) is 18.6 Å². The van der Waals surface area contributed by atoms with E-state index in [1.54, 1.807) is 0 Å². The number of carbonyl (C=O) groups excluding carboxylic acids is 1. The smallest absolute Gasteiger partial charge is 0.472 e. The summed E-state index contributed by atoms with van der Waals surface area (Å²) >= 11 is 0. The minimum atomic E-state index is -4.58. The molecule has 206 valence electrons. The summed E-state index contributed by atoms with van der Waals surface area (Å²) in [6, 6.07) is -1.48. The van der Waals surface area contributed by atoms with Gasteiger partial charge in [0.15, 0.2) is 0 Å². The number of phosphoric ester groups is 1. The molecular formula is C24H46NO9P. The van der Waals surface area contributed by atoms with E-state index in [-0.39, 0.29) is 6.42 Å². The zero-order chi connectivity index (χ0) is 26.4. The molecule has 0 bridgehead atoms. The van der Waals surface area contributed by atoms with E-state index < -0.39 is 51.7 Å². The highest BCUT2D eigenvalue weighted by Crippen LogP contribution is 2.43. The van der Waals surface area contributed by atoms with Gasteiger partial charge in [-0.2, -0.15) is 0 Å². The van der Waals surface area contributed by atoms with Crippen molar-refractivity contribution >= 4 is 19.8 Å². The lowest BCUT2D eigenvalue weighted by Gasteiger charge is -2.16. The molecule has 0 radical (unpaired) electrons. The first kappa shape index (κ1) is 33.7. The van der Waals surface area contributed by atoms with Gasteiger partial charge in [0.05, 0.1) is 13.2 Å². The van der Waals surface area contributed by atoms with E-state index in [9.17, 15) is 24.2 Å². The number of phosphoric acid groups is 1. The molecule has 0 fully saturated rings. The van der Waals surface area contributed by atoms with Gasteiger partial charge < -0.3 is 25.6 Å². The number of allylic oxidation sites excluding steroid dienone is 2. The fourth-order valence-corrected chi connectivity index (χ4v) is 3.90. The Morgan fingerprint density at radius 1 is 0.857 bits per heavy atom. The average Bonchev–Trinajstić information content (AvgIpc) is 2.82. The molecule has 10 nitrogen and oxygen atoms in total. The third-order valence-electron chi connectivity index (χ3n) is 5.24. The maximum atomic E-state index is 11.7. The van der Waals surface area contributed by atoms with Gasteiger partial charge in [0, 0.05) is 6.42 Å². The number of unbranched alkanes of at least 4 members (excludes halogenated alkanes) is 11. The third kappa shape index (κ3) is 22.9. The molecule has 0 amide bonds. The highest BCUT2D eigenvalue weighted by molar-refractivity contribution is 7.47. The number of esters is 1. The SMILES string of the molecule is CCCCCCCC/C=C\CCCCCCCC(=O)OC[C@@H](O)COP(=O)(O)OC[C@@H](N)C(=O)O. The summed E-state index contributed by atoms with van der Waals surface area (Å²) in [6.45, 7) is 0.482. The lowest BCUT2D eigenvalue weighted by molar-refractivity contribution is -0.147. The molecule has 11 heteroatoms. The molecule has 0 aromatic carbocycles. The van der Waals surface area contributed by atoms with Crippen molar-refractivity contribution in [1.82, 2.24) is 0 Å². The van der Waals surface area contributed by atoms with Gasteiger partial charge in [0.2, 0.25) is 0 Å². The van der Waals surface area contributed by atoms with E-state index in [4.69, 9.17) is 15.6 Å². The number of carboxylic acid groups (broad SMARTS) is 1. The second kappa shape index (κ2) is 21.9. The van der Waals surface area contributed by atoms with E-state index in [0.717, 1.165) is 32.1 Å². The summed E-state index contributed by atoms with van der Waals surface area (Å²) in [5.41, 5.74) is 5.15. The summed E-state index contributed by atoms with van der Waals surface area (Å²) in [5, 5.41) is 18.3. The Balaban J connectivity index is 3.62. The maximum Gasteiger partial charge on any atom is 0.472 e. The summed E-state index contributed by atoms with van der Waals surface area (Å²) in [5.74, 6) is -1.86. The van der Waals surface area contributed by atoms with Crippen LogP contribution in [0.1, 0.15) is 96.8 Å². The summed E-state index contributed by atoms with van der Waals surface area (Å²) < 4.78 is 25.5. The molecule has 0 aromatic rings. The second-order valence-corrected chi connectivity index (χ2v) is 10.1. The molecule has 0 aliphatic rings. The highest BCUT2D eigenvalue weighted by atomic mass is 31.2. The van der Waals surface area contributed by atoms with Crippen LogP contribution in [-0.4, -0.2) is 59.0 Å². The first-order valence-electron chi connectivity index (χ1n) is 12.8. The summed E-state index contributed by atoms with van der Waals surface area (Å²) in [6.07, 6.45) is 18.6. The van der Waals surface area contributed by atoms with Gasteiger partial charge >= 0.3 is 19.8 Å². The van der Waals surface area contributed by atoms with Crippen LogP contribution in [0.3, 0.4) is 0 Å². The molecule has 1 unspecified atom stereocenters. The summed E-state index contributed by atoms with van der Waals surface area (Å²) in [4.78, 5) is 31.7. The number of nitrogens with two attached hydrogens (primary N) is 1. The van der Waals surface area contributed by atoms with Crippen LogP contribution in [0.2, 0.25) is 0 Å². The quantitative estimate of drug-likeness (QED) is 0.0613. The van der Waals surface area contributed by atoms with Crippen LogP contribution in [0.4, 0.5) is 0 Å². The van der Waals surface area contributed by atoms with E-state index >= 15 is 0 Å². The van der Waals surface area contributed by atoms with Crippen LogP contribution in [0, 0.1) is 0 Å². The summed E-state index contributed by atoms with van der Waals surface area (Å²) in [7, 11) is -4.58. The van der Waals surface area contributed by atoms with Crippen LogP contribution >= 0.6 is 7.82 Å². The molecule has 0 spiro atoms. The number of hydrogen-bond acceptors (Lipinski definition) is 8. The van der Waals surface area contributed by atoms with E-state index in [1.165, 1.54) is 44.9 Å². The van der Waals surface area contributed by atoms with Crippen LogP contribution in [-0.2, 0) is 27.9 Å². The van der Waals surface area contributed by atoms with Crippen LogP contribution in [0.5, 0.6) is 0 Å². The van der Waals surface area contributed by atoms with Crippen LogP contribution in [0.25, 0.3) is 0 Å². The van der Waals surface area contributed by atoms with Crippen LogP contribution in [0.15, 0.2) is 12.2 Å². The standard InChI is InChI=1S/C24H46NO9P/c1-2-3-4-5-6-7-8-9-10-11-12-13-14-15-16-17-23(27)32-18-21(26)19-33-35(30,31)34-20-22(25)24(28)29/h9-10,21-22,26H,2-8,11-20,25H2,1H3,(H,28,29)(H,30,31)/b10-9-/t21-,22-/m1/s1. The lowest BCUT2D eigenvalue weighted by atomic mass is 10.1. The van der Waals surface area contributed by atoms with Crippen molar-refractivity contribution in [3.05, 3.63) is 12.2 Å². The largest absolute Gasteiger partial charge is 0.480 e. The lowest BCUT2D eigenvalue weighted by Crippen LogP contribution is -2.34. The Bertz CT molecular complexity index is 630. The zero-order valence-electron chi connectivity index (χ0n) is 21.1. The molecule has 0 saturated carbocycles. The molecule has 0 rings (SSSR count). The monoisotopic (exact) mass is 523 g/mol. The van der Waals surface area contributed by atoms with Crippen molar-refractivity contribution in [2.75, 3.05) is 19.8 Å². The zero-order valence-corrected chi connectivity index (χ0v) is 22.0. The predicted octanol–water partition coefficient (Wildman–Crippen LogP) is 4.47. The Kier molecular flexibility index (Phi) is 21.1. The van der Waals surface area contributed by atoms with E-state index in [0.29, 0.717) is 6.42 Å². The molecule has 0 aliphatic carbocycles. The average molecular weight is 524 g/mol. The van der Waals surface area contributed by atoms with E-state index in [2.05, 4.69) is 28.1 Å². The molecule has 5 N–H and O–H groups in total. The Labute approximate surface area is 209 Å². The van der Waals surface area contributed by atoms with E-state index in [1.807, 2.05) is 0 Å². The number of aliphatic carboxylic acids is 1. The molecule has 0 saturated heterocycles. The minimum Gasteiger partial charge on any atom is -0.480 e. The Hall–Kier alpha value is -1.29. The van der Waals surface area contributed by atoms with Crippen molar-refractivity contribution in [1.29, 1.82) is 0 Å². The van der Waals surface area contributed by atoms with Gasteiger partial charge in [-0.1, -0.05) is 70.4 Å². The number of aliphatic hydroxyl groups is 1. The van der Waals surface area contributed by atoms with Gasteiger partial charge in [0.1, 0.15) is 18.8 Å². The van der Waals surface area contributed by atoms with Crippen molar-refractivity contribution in [2.24, 2.45) is 5.73 Å². The Morgan fingerprint density at radius 3 is 1.94 bits per heavy atom. The maximum absolute atomic E-state index is 11.7. The topological polar surface area (TPSA) is 166 Å². The van der Waals surface area contributed by atoms with Crippen molar-refractivity contribution in [3.63, 3.8) is 0 Å². The number of ether oxygens (including phenoxy) is 1. The van der Waals surface area contributed by atoms with Gasteiger partial charge in [-0.05, 0) is 32.1 Å². The van der Waals surface area contributed by atoms with Gasteiger partial charge in [0.25, 0.3) is 0 Å². The first-order valence-corrected chi connectivity index (χ1v) is 14.3. The van der Waals surface area contributed by atoms with Crippen LogP contribution < -0.4 is 5.73 Å². The second-order valence-electron chi connectivity index (χ2n) is 8.68. The molecule has 0 heterocycles. The molecule has 3 atom stereocenters. The number of hydrogen-bond donors (Lipinski definition) is 4. The van der Waals surface area contributed by atoms with Gasteiger partial charge in [-0.25, -0.2) is 4.57 Å². The number of carboxylic acids is 1. The predicted molar refractivity (Wildman–Crippen MR) is 134 cm³/mol. The number of rotatable bonds is 24. The normalized spacial score (nSPS) is 15.1. The molecule has 35 heavy (non-hydrogen) atoms. The van der Waals surface area contributed by atoms with Crippen molar-refractivity contribution < 1.29 is 43.0 Å². The third-order valence-corrected chi connectivity index (χ3v) is 6.19. The fourth-order valence-electron chi connectivity index (χ4n) is 3.11. The van der Waals surface area contributed by atoms with Crippen molar-refractivity contribution in [3.8, 4) is 0 Å². The number of carbonyl (C=O) groups is 2.